The van der Waals surface area contributed by atoms with Crippen LogP contribution < -0.4 is 0 Å². The Morgan fingerprint density at radius 1 is 0.878 bits per heavy atom. The number of rotatable bonds is 3. The number of imidazole rings is 1. The monoisotopic (exact) mass is 710 g/mol. The van der Waals surface area contributed by atoms with Crippen molar-refractivity contribution >= 4 is 39.0 Å². The zero-order valence-electron chi connectivity index (χ0n) is 22.8. The van der Waals surface area contributed by atoms with Crippen LogP contribution in [0, 0.1) is 12.1 Å². The van der Waals surface area contributed by atoms with E-state index in [9.17, 15) is 0 Å². The van der Waals surface area contributed by atoms with Crippen molar-refractivity contribution in [2.75, 3.05) is 0 Å². The largest absolute Gasteiger partial charge is 0.501 e. The molecule has 41 heavy (non-hydrogen) atoms. The third-order valence-corrected chi connectivity index (χ3v) is 7.38. The van der Waals surface area contributed by atoms with Gasteiger partial charge in [-0.25, -0.2) is 0 Å². The van der Waals surface area contributed by atoms with E-state index in [1.165, 1.54) is 16.6 Å². The number of aromatic nitrogens is 3. The summed E-state index contributed by atoms with van der Waals surface area (Å²) in [4.78, 5) is 9.27. The van der Waals surface area contributed by atoms with Gasteiger partial charge >= 0.3 is 0 Å². The van der Waals surface area contributed by atoms with Crippen molar-refractivity contribution in [3.8, 4) is 22.6 Å². The quantitative estimate of drug-likeness (QED) is 0.172. The van der Waals surface area contributed by atoms with Gasteiger partial charge in [-0.1, -0.05) is 78.9 Å². The van der Waals surface area contributed by atoms with E-state index in [1.54, 1.807) is 0 Å². The van der Waals surface area contributed by atoms with Gasteiger partial charge < -0.3 is 14.0 Å². The van der Waals surface area contributed by atoms with Crippen LogP contribution in [0.15, 0.2) is 108 Å². The van der Waals surface area contributed by atoms with Gasteiger partial charge in [-0.05, 0) is 35.4 Å². The number of pyridine rings is 1. The number of benzene rings is 4. The van der Waals surface area contributed by atoms with Crippen molar-refractivity contribution in [3.63, 3.8) is 0 Å². The Morgan fingerprint density at radius 2 is 1.76 bits per heavy atom. The first-order valence-electron chi connectivity index (χ1n) is 13.6. The molecule has 0 saturated carbocycles. The minimum Gasteiger partial charge on any atom is -0.501 e. The van der Waals surface area contributed by atoms with Crippen LogP contribution in [-0.2, 0) is 26.7 Å². The molecule has 0 unspecified atom stereocenters. The number of furan rings is 1. The van der Waals surface area contributed by atoms with Crippen LogP contribution in [0.1, 0.15) is 30.9 Å². The maximum Gasteiger partial charge on any atom is 0.120 e. The summed E-state index contributed by atoms with van der Waals surface area (Å²) >= 11 is 0. The van der Waals surface area contributed by atoms with Crippen LogP contribution in [0.3, 0.4) is 0 Å². The van der Waals surface area contributed by atoms with Gasteiger partial charge in [0, 0.05) is 38.2 Å². The minimum atomic E-state index is 0. The Hall–Kier alpha value is -4.31. The Morgan fingerprint density at radius 3 is 2.61 bits per heavy atom. The van der Waals surface area contributed by atoms with Gasteiger partial charge in [-0.2, -0.15) is 0 Å². The van der Waals surface area contributed by atoms with Gasteiger partial charge in [-0.15, -0.1) is 54.1 Å². The molecule has 4 heterocycles. The molecule has 0 atom stereocenters. The molecule has 5 heteroatoms. The van der Waals surface area contributed by atoms with E-state index in [2.05, 4.69) is 96.2 Å². The molecule has 0 amide bonds. The predicted octanol–water partition coefficient (Wildman–Crippen LogP) is 9.10. The van der Waals surface area contributed by atoms with Crippen molar-refractivity contribution in [1.82, 2.24) is 14.5 Å². The number of nitrogens with zero attached hydrogens (tertiary/aromatic N) is 3. The maximum absolute atomic E-state index is 6.07. The van der Waals surface area contributed by atoms with Crippen LogP contribution in [0.2, 0.25) is 0 Å². The first kappa shape index (κ1) is 26.9. The minimum absolute atomic E-state index is 0. The summed E-state index contributed by atoms with van der Waals surface area (Å²) in [5.74, 6) is 1.47. The summed E-state index contributed by atoms with van der Waals surface area (Å²) in [5.41, 5.74) is 9.45. The molecule has 3 aromatic heterocycles. The zero-order valence-corrected chi connectivity index (χ0v) is 25.2. The number of fused-ring (bicyclic) bond motifs is 3. The van der Waals surface area contributed by atoms with Crippen LogP contribution >= 0.6 is 0 Å². The summed E-state index contributed by atoms with van der Waals surface area (Å²) in [6, 6.07) is 37.1. The summed E-state index contributed by atoms with van der Waals surface area (Å²) in [6.45, 7) is 5.25. The SMILES string of the molecule is CC(C)c1ccnc(-c2[c-]ccc3c2oc2ccccc23)c1.[Ir].[c-]1ccccc1-c1nc2cccc3c2n1CC=C3. The summed E-state index contributed by atoms with van der Waals surface area (Å²) in [6.07, 6.45) is 6.21. The molecule has 7 aromatic rings. The topological polar surface area (TPSA) is 43.9 Å². The molecule has 8 rings (SSSR count). The number of para-hydroxylation sites is 2. The summed E-state index contributed by atoms with van der Waals surface area (Å²) in [7, 11) is 0. The first-order valence-corrected chi connectivity index (χ1v) is 13.6. The van der Waals surface area contributed by atoms with Crippen LogP contribution in [0.4, 0.5) is 0 Å². The normalized spacial score (nSPS) is 12.0. The molecule has 203 valence electrons. The van der Waals surface area contributed by atoms with E-state index in [0.29, 0.717) is 5.92 Å². The van der Waals surface area contributed by atoms with Crippen LogP contribution in [0.5, 0.6) is 0 Å². The van der Waals surface area contributed by atoms with Gasteiger partial charge in [0.2, 0.25) is 0 Å². The molecule has 4 aromatic carbocycles. The van der Waals surface area contributed by atoms with Crippen molar-refractivity contribution in [3.05, 3.63) is 127 Å². The molecular weight excluding hydrogens is 683 g/mol. The van der Waals surface area contributed by atoms with Gasteiger partial charge in [0.25, 0.3) is 0 Å². The molecule has 0 aliphatic carbocycles. The Bertz CT molecular complexity index is 2020. The van der Waals surface area contributed by atoms with Gasteiger partial charge in [0.1, 0.15) is 5.58 Å². The van der Waals surface area contributed by atoms with Crippen molar-refractivity contribution < 1.29 is 24.5 Å². The van der Waals surface area contributed by atoms with E-state index in [4.69, 9.17) is 9.40 Å². The molecule has 1 radical (unpaired) electrons. The maximum atomic E-state index is 6.07. The van der Waals surface area contributed by atoms with Crippen LogP contribution in [0.25, 0.3) is 61.7 Å². The molecule has 0 spiro atoms. The van der Waals surface area contributed by atoms with Crippen LogP contribution in [-0.4, -0.2) is 14.5 Å². The standard InChI is InChI=1S/C20H16NO.C16H11N2.Ir/c1-13(2)14-10-11-21-18(12-14)17-8-5-7-16-15-6-3-4-9-19(15)22-20(16)17;1-2-6-13(7-3-1)16-17-14-10-4-8-12-9-5-11-18(16)15(12)14;/h3-7,9-13H,1-2H3;1-6,8-10H,11H2;/q2*-1;. The second-order valence-electron chi connectivity index (χ2n) is 10.3. The molecule has 0 N–H and O–H groups in total. The van der Waals surface area contributed by atoms with E-state index < -0.39 is 0 Å². The van der Waals surface area contributed by atoms with Gasteiger partial charge in [0.15, 0.2) is 0 Å². The molecule has 0 fully saturated rings. The van der Waals surface area contributed by atoms with E-state index in [1.807, 2.05) is 48.7 Å². The molecule has 4 nitrogen and oxygen atoms in total. The predicted molar refractivity (Wildman–Crippen MR) is 163 cm³/mol. The average Bonchev–Trinajstić information content (AvgIpc) is 3.58. The Balaban J connectivity index is 0.000000146. The smallest absolute Gasteiger partial charge is 0.120 e. The van der Waals surface area contributed by atoms with E-state index in [-0.39, 0.29) is 20.1 Å². The third kappa shape index (κ3) is 4.93. The van der Waals surface area contributed by atoms with Crippen molar-refractivity contribution in [1.29, 1.82) is 0 Å². The number of allylic oxidation sites excluding steroid dienone is 1. The summed E-state index contributed by atoms with van der Waals surface area (Å²) < 4.78 is 8.33. The average molecular weight is 710 g/mol. The number of hydrogen-bond acceptors (Lipinski definition) is 3. The van der Waals surface area contributed by atoms with E-state index >= 15 is 0 Å². The fourth-order valence-corrected chi connectivity index (χ4v) is 5.37. The van der Waals surface area contributed by atoms with Gasteiger partial charge in [-0.3, -0.25) is 4.98 Å². The molecule has 1 aliphatic heterocycles. The Kier molecular flexibility index (Phi) is 7.40. The second-order valence-corrected chi connectivity index (χ2v) is 10.3. The Labute approximate surface area is 252 Å². The molecule has 0 bridgehead atoms. The molecule has 1 aliphatic rings. The second kappa shape index (κ2) is 11.3. The van der Waals surface area contributed by atoms with Crippen molar-refractivity contribution in [2.24, 2.45) is 0 Å². The summed E-state index contributed by atoms with van der Waals surface area (Å²) in [5, 5.41) is 2.24. The fraction of sp³-hybridized carbons (Fsp3) is 0.111. The third-order valence-electron chi connectivity index (χ3n) is 7.38. The van der Waals surface area contributed by atoms with E-state index in [0.717, 1.165) is 56.6 Å². The first-order chi connectivity index (χ1) is 19.7. The number of hydrogen-bond donors (Lipinski definition) is 0. The zero-order chi connectivity index (χ0) is 27.1. The fourth-order valence-electron chi connectivity index (χ4n) is 5.37. The molecule has 0 saturated heterocycles. The van der Waals surface area contributed by atoms with Crippen molar-refractivity contribution in [2.45, 2.75) is 26.3 Å². The van der Waals surface area contributed by atoms with Gasteiger partial charge in [0.05, 0.1) is 22.4 Å². The molecular formula is C36H27IrN3O-2.